The minimum Gasteiger partial charge on any atom is -0.494 e. The highest BCUT2D eigenvalue weighted by atomic mass is 35.5. The lowest BCUT2D eigenvalue weighted by molar-refractivity contribution is -0.141. The van der Waals surface area contributed by atoms with Crippen LogP contribution in [0.1, 0.15) is 57.4 Å². The number of benzene rings is 2. The summed E-state index contributed by atoms with van der Waals surface area (Å²) in [7, 11) is 0. The van der Waals surface area contributed by atoms with Gasteiger partial charge in [0.05, 0.1) is 6.61 Å². The van der Waals surface area contributed by atoms with Crippen molar-refractivity contribution in [3.63, 3.8) is 0 Å². The van der Waals surface area contributed by atoms with Crippen LogP contribution in [0.2, 0.25) is 15.1 Å². The summed E-state index contributed by atoms with van der Waals surface area (Å²) < 4.78 is 5.72. The van der Waals surface area contributed by atoms with Crippen LogP contribution in [0.15, 0.2) is 42.5 Å². The molecule has 0 bridgehead atoms. The van der Waals surface area contributed by atoms with Gasteiger partial charge in [0.15, 0.2) is 0 Å². The van der Waals surface area contributed by atoms with Crippen LogP contribution in [0.3, 0.4) is 0 Å². The van der Waals surface area contributed by atoms with Crippen molar-refractivity contribution in [1.82, 2.24) is 10.2 Å². The molecule has 0 saturated heterocycles. The fourth-order valence-corrected chi connectivity index (χ4v) is 4.80. The quantitative estimate of drug-likeness (QED) is 0.333. The number of rotatable bonds is 11. The second-order valence-electron chi connectivity index (χ2n) is 8.58. The Morgan fingerprint density at radius 1 is 1.06 bits per heavy atom. The molecule has 2 aromatic carbocycles. The van der Waals surface area contributed by atoms with Crippen molar-refractivity contribution in [2.75, 3.05) is 6.61 Å². The van der Waals surface area contributed by atoms with Gasteiger partial charge in [-0.1, -0.05) is 60.6 Å². The Morgan fingerprint density at radius 3 is 2.38 bits per heavy atom. The molecule has 0 radical (unpaired) electrons. The third-order valence-corrected chi connectivity index (χ3v) is 6.90. The van der Waals surface area contributed by atoms with Crippen LogP contribution in [0.25, 0.3) is 0 Å². The minimum atomic E-state index is -0.572. The normalized spacial score (nSPS) is 14.6. The maximum Gasteiger partial charge on any atom is 0.243 e. The summed E-state index contributed by atoms with van der Waals surface area (Å²) in [6.07, 6.45) is 5.51. The van der Waals surface area contributed by atoms with Gasteiger partial charge in [0.2, 0.25) is 11.8 Å². The Labute approximate surface area is 216 Å². The van der Waals surface area contributed by atoms with Crippen molar-refractivity contribution in [3.8, 4) is 5.75 Å². The number of ether oxygens (including phenoxy) is 1. The third kappa shape index (κ3) is 7.79. The first-order chi connectivity index (χ1) is 16.4. The number of nitrogens with zero attached hydrogens (tertiary/aromatic N) is 1. The molecule has 8 heteroatoms. The lowest BCUT2D eigenvalue weighted by Crippen LogP contribution is -2.51. The lowest BCUT2D eigenvalue weighted by atomic mass is 10.1. The molecule has 2 amide bonds. The number of carbonyl (C=O) groups excluding carboxylic acids is 2. The minimum absolute atomic E-state index is 0.106. The molecule has 1 aliphatic rings. The average Bonchev–Trinajstić information content (AvgIpc) is 3.32. The van der Waals surface area contributed by atoms with E-state index >= 15 is 0 Å². The van der Waals surface area contributed by atoms with Gasteiger partial charge in [0, 0.05) is 34.1 Å². The maximum atomic E-state index is 13.3. The molecule has 0 spiro atoms. The number of hydrogen-bond donors (Lipinski definition) is 1. The Hall–Kier alpha value is -1.95. The molecular formula is C26H31Cl3N2O3. The van der Waals surface area contributed by atoms with Gasteiger partial charge in [-0.15, -0.1) is 0 Å². The van der Waals surface area contributed by atoms with E-state index in [0.29, 0.717) is 40.3 Å². The molecule has 1 fully saturated rings. The molecule has 0 aliphatic heterocycles. The fourth-order valence-electron chi connectivity index (χ4n) is 4.21. The summed E-state index contributed by atoms with van der Waals surface area (Å²) in [5.74, 6) is 0.480. The molecule has 0 heterocycles. The van der Waals surface area contributed by atoms with Crippen molar-refractivity contribution in [2.24, 2.45) is 0 Å². The van der Waals surface area contributed by atoms with Crippen LogP contribution in [-0.4, -0.2) is 35.4 Å². The van der Waals surface area contributed by atoms with Crippen molar-refractivity contribution in [1.29, 1.82) is 0 Å². The van der Waals surface area contributed by atoms with Gasteiger partial charge in [-0.2, -0.15) is 0 Å². The van der Waals surface area contributed by atoms with Crippen molar-refractivity contribution in [3.05, 3.63) is 63.1 Å². The molecule has 184 valence electrons. The van der Waals surface area contributed by atoms with E-state index in [4.69, 9.17) is 39.5 Å². The van der Waals surface area contributed by atoms with Gasteiger partial charge in [-0.05, 0) is 67.6 Å². The molecule has 0 unspecified atom stereocenters. The van der Waals surface area contributed by atoms with Crippen LogP contribution >= 0.6 is 34.8 Å². The Balaban J connectivity index is 1.67. The molecule has 1 aliphatic carbocycles. The smallest absolute Gasteiger partial charge is 0.243 e. The molecule has 3 rings (SSSR count). The van der Waals surface area contributed by atoms with Gasteiger partial charge >= 0.3 is 0 Å². The highest BCUT2D eigenvalue weighted by Crippen LogP contribution is 2.25. The Kier molecular flexibility index (Phi) is 10.4. The average molecular weight is 526 g/mol. The second-order valence-corrected chi connectivity index (χ2v) is 9.86. The van der Waals surface area contributed by atoms with E-state index in [1.807, 2.05) is 6.92 Å². The molecule has 1 atom stereocenters. The summed E-state index contributed by atoms with van der Waals surface area (Å²) in [4.78, 5) is 28.1. The standard InChI is InChI=1S/C26H31Cl3N2O3/c1-2-24(26(33)30-21-6-3-4-7-21)31(17-18-9-10-20(28)16-23(18)29)25(32)8-5-15-34-22-13-11-19(27)12-14-22/h9-14,16,21,24H,2-8,15,17H2,1H3,(H,30,33)/t24-/m1/s1. The SMILES string of the molecule is CC[C@H](C(=O)NC1CCCC1)N(Cc1ccc(Cl)cc1Cl)C(=O)CCCOc1ccc(Cl)cc1. The zero-order chi connectivity index (χ0) is 24.5. The van der Waals surface area contributed by atoms with E-state index < -0.39 is 6.04 Å². The molecule has 5 nitrogen and oxygen atoms in total. The third-order valence-electron chi connectivity index (χ3n) is 6.06. The van der Waals surface area contributed by atoms with Gasteiger partial charge in [0.25, 0.3) is 0 Å². The van der Waals surface area contributed by atoms with Crippen molar-refractivity contribution in [2.45, 2.75) is 70.5 Å². The molecule has 0 aromatic heterocycles. The first-order valence-corrected chi connectivity index (χ1v) is 12.9. The van der Waals surface area contributed by atoms with E-state index in [-0.39, 0.29) is 30.8 Å². The largest absolute Gasteiger partial charge is 0.494 e. The molecular weight excluding hydrogens is 495 g/mol. The highest BCUT2D eigenvalue weighted by Gasteiger charge is 2.30. The van der Waals surface area contributed by atoms with Crippen LogP contribution in [0.4, 0.5) is 0 Å². The maximum absolute atomic E-state index is 13.3. The van der Waals surface area contributed by atoms with Crippen LogP contribution in [-0.2, 0) is 16.1 Å². The fraction of sp³-hybridized carbons (Fsp3) is 0.462. The molecule has 1 N–H and O–H groups in total. The van der Waals surface area contributed by atoms with Gasteiger partial charge in [-0.3, -0.25) is 9.59 Å². The summed E-state index contributed by atoms with van der Waals surface area (Å²) in [6, 6.07) is 11.9. The van der Waals surface area contributed by atoms with E-state index in [2.05, 4.69) is 5.32 Å². The first-order valence-electron chi connectivity index (χ1n) is 11.8. The monoisotopic (exact) mass is 524 g/mol. The Morgan fingerprint density at radius 2 is 1.74 bits per heavy atom. The zero-order valence-electron chi connectivity index (χ0n) is 19.4. The number of hydrogen-bond acceptors (Lipinski definition) is 3. The van der Waals surface area contributed by atoms with E-state index in [0.717, 1.165) is 31.2 Å². The van der Waals surface area contributed by atoms with Crippen LogP contribution in [0, 0.1) is 0 Å². The van der Waals surface area contributed by atoms with Gasteiger partial charge in [0.1, 0.15) is 11.8 Å². The Bertz CT molecular complexity index is 962. The first kappa shape index (κ1) is 26.7. The predicted octanol–water partition coefficient (Wildman–Crippen LogP) is 6.67. The summed E-state index contributed by atoms with van der Waals surface area (Å²) >= 11 is 18.3. The number of amides is 2. The van der Waals surface area contributed by atoms with Crippen LogP contribution < -0.4 is 10.1 Å². The predicted molar refractivity (Wildman–Crippen MR) is 138 cm³/mol. The molecule has 2 aromatic rings. The van der Waals surface area contributed by atoms with Crippen molar-refractivity contribution < 1.29 is 14.3 Å². The van der Waals surface area contributed by atoms with E-state index in [1.165, 1.54) is 0 Å². The van der Waals surface area contributed by atoms with Gasteiger partial charge in [-0.25, -0.2) is 0 Å². The topological polar surface area (TPSA) is 58.6 Å². The summed E-state index contributed by atoms with van der Waals surface area (Å²) in [5, 5.41) is 4.78. The second kappa shape index (κ2) is 13.2. The van der Waals surface area contributed by atoms with Gasteiger partial charge < -0.3 is 15.0 Å². The van der Waals surface area contributed by atoms with Crippen LogP contribution in [0.5, 0.6) is 5.75 Å². The zero-order valence-corrected chi connectivity index (χ0v) is 21.6. The summed E-state index contributed by atoms with van der Waals surface area (Å²) in [5.41, 5.74) is 0.754. The lowest BCUT2D eigenvalue weighted by Gasteiger charge is -2.32. The van der Waals surface area contributed by atoms with E-state index in [1.54, 1.807) is 47.4 Å². The highest BCUT2D eigenvalue weighted by molar-refractivity contribution is 6.35. The van der Waals surface area contributed by atoms with E-state index in [9.17, 15) is 9.59 Å². The van der Waals surface area contributed by atoms with Crippen molar-refractivity contribution >= 4 is 46.6 Å². The number of carbonyl (C=O) groups is 2. The summed E-state index contributed by atoms with van der Waals surface area (Å²) in [6.45, 7) is 2.55. The number of nitrogens with one attached hydrogen (secondary N) is 1. The molecule has 34 heavy (non-hydrogen) atoms. The number of halogens is 3. The molecule has 1 saturated carbocycles.